The number of carbonyl (C=O) groups excluding carboxylic acids is 2. The smallest absolute Gasteiger partial charge is 0.350 e. The van der Waals surface area contributed by atoms with Crippen LogP contribution in [0.3, 0.4) is 0 Å². The molecule has 1 aromatic carbocycles. The molecular formula is C20H26Cl2O5. The van der Waals surface area contributed by atoms with Crippen molar-refractivity contribution in [3.63, 3.8) is 0 Å². The van der Waals surface area contributed by atoms with E-state index in [1.807, 2.05) is 13.8 Å². The Morgan fingerprint density at radius 2 is 1.78 bits per heavy atom. The number of rotatable bonds is 7. The van der Waals surface area contributed by atoms with Gasteiger partial charge in [0, 0.05) is 17.9 Å². The summed E-state index contributed by atoms with van der Waals surface area (Å²) in [5.41, 5.74) is -0.759. The molecule has 1 saturated carbocycles. The van der Waals surface area contributed by atoms with E-state index in [-0.39, 0.29) is 18.8 Å². The molecule has 0 N–H and O–H groups in total. The summed E-state index contributed by atoms with van der Waals surface area (Å²) in [4.78, 5) is 25.2. The summed E-state index contributed by atoms with van der Waals surface area (Å²) in [6.07, 6.45) is 2.05. The van der Waals surface area contributed by atoms with Gasteiger partial charge in [-0.2, -0.15) is 0 Å². The zero-order valence-electron chi connectivity index (χ0n) is 15.9. The van der Waals surface area contributed by atoms with Crippen molar-refractivity contribution in [2.75, 3.05) is 6.61 Å². The molecule has 0 radical (unpaired) electrons. The Kier molecular flexibility index (Phi) is 7.95. The number of hydrogen-bond donors (Lipinski definition) is 0. The lowest BCUT2D eigenvalue weighted by Crippen LogP contribution is -2.49. The Bertz CT molecular complexity index is 636. The molecule has 1 fully saturated rings. The minimum absolute atomic E-state index is 0.0364. The largest absolute Gasteiger partial charge is 0.463 e. The highest BCUT2D eigenvalue weighted by Crippen LogP contribution is 2.37. The second kappa shape index (κ2) is 9.76. The molecule has 1 aliphatic carbocycles. The van der Waals surface area contributed by atoms with E-state index in [1.165, 1.54) is 0 Å². The number of ether oxygens (including phenoxy) is 3. The summed E-state index contributed by atoms with van der Waals surface area (Å²) in [5, 5.41) is -0.486. The summed E-state index contributed by atoms with van der Waals surface area (Å²) in [7, 11) is 0. The van der Waals surface area contributed by atoms with Crippen molar-refractivity contribution in [2.45, 2.75) is 69.6 Å². The molecule has 150 valence electrons. The SMILES string of the molecule is CCOC(=O)C1(OC(=O)C(Cl)c2ccc(Cl)cc2)CCC(OC(C)C)CC1. The lowest BCUT2D eigenvalue weighted by atomic mass is 9.82. The van der Waals surface area contributed by atoms with Crippen LogP contribution in [-0.2, 0) is 23.8 Å². The highest BCUT2D eigenvalue weighted by molar-refractivity contribution is 6.31. The topological polar surface area (TPSA) is 61.8 Å². The van der Waals surface area contributed by atoms with Gasteiger partial charge in [-0.1, -0.05) is 23.7 Å². The van der Waals surface area contributed by atoms with Crippen LogP contribution in [0.25, 0.3) is 0 Å². The average molecular weight is 417 g/mol. The minimum atomic E-state index is -1.32. The Balaban J connectivity index is 2.11. The number of carbonyl (C=O) groups is 2. The third-order valence-electron chi connectivity index (χ3n) is 4.52. The number of halogens is 2. The maximum atomic E-state index is 12.6. The van der Waals surface area contributed by atoms with Gasteiger partial charge < -0.3 is 14.2 Å². The van der Waals surface area contributed by atoms with Crippen LogP contribution in [0, 0.1) is 0 Å². The van der Waals surface area contributed by atoms with Gasteiger partial charge >= 0.3 is 11.9 Å². The van der Waals surface area contributed by atoms with E-state index < -0.39 is 22.9 Å². The minimum Gasteiger partial charge on any atom is -0.463 e. The Labute approximate surface area is 170 Å². The third kappa shape index (κ3) is 5.84. The molecule has 2 rings (SSSR count). The van der Waals surface area contributed by atoms with Crippen molar-refractivity contribution in [3.8, 4) is 0 Å². The molecule has 0 amide bonds. The fraction of sp³-hybridized carbons (Fsp3) is 0.600. The van der Waals surface area contributed by atoms with Gasteiger partial charge in [0.1, 0.15) is 0 Å². The first-order chi connectivity index (χ1) is 12.8. The summed E-state index contributed by atoms with van der Waals surface area (Å²) in [5.74, 6) is -1.20. The average Bonchev–Trinajstić information content (AvgIpc) is 2.63. The third-order valence-corrected chi connectivity index (χ3v) is 5.20. The standard InChI is InChI=1S/C20H26Cl2O5/c1-4-25-19(24)20(11-9-16(10-12-20)26-13(2)3)27-18(23)17(22)14-5-7-15(21)8-6-14/h5-8,13,16-17H,4,9-12H2,1-3H3. The summed E-state index contributed by atoms with van der Waals surface area (Å²) in [6.45, 7) is 5.87. The second-order valence-electron chi connectivity index (χ2n) is 6.93. The molecule has 0 saturated heterocycles. The predicted octanol–water partition coefficient (Wildman–Crippen LogP) is 4.83. The predicted molar refractivity (Wildman–Crippen MR) is 104 cm³/mol. The van der Waals surface area contributed by atoms with Gasteiger partial charge in [-0.3, -0.25) is 4.79 Å². The van der Waals surface area contributed by atoms with Gasteiger partial charge in [0.15, 0.2) is 5.38 Å². The lowest BCUT2D eigenvalue weighted by Gasteiger charge is -2.38. The maximum absolute atomic E-state index is 12.6. The van der Waals surface area contributed by atoms with Crippen molar-refractivity contribution in [2.24, 2.45) is 0 Å². The normalized spacial score (nSPS) is 23.7. The van der Waals surface area contributed by atoms with Gasteiger partial charge in [0.05, 0.1) is 18.8 Å². The summed E-state index contributed by atoms with van der Waals surface area (Å²) >= 11 is 12.1. The van der Waals surface area contributed by atoms with Crippen LogP contribution in [-0.4, -0.2) is 36.4 Å². The number of benzene rings is 1. The molecule has 0 aromatic heterocycles. The van der Waals surface area contributed by atoms with Gasteiger partial charge in [-0.25, -0.2) is 4.79 Å². The van der Waals surface area contributed by atoms with Crippen molar-refractivity contribution in [1.82, 2.24) is 0 Å². The van der Waals surface area contributed by atoms with Crippen LogP contribution < -0.4 is 0 Å². The molecule has 5 nitrogen and oxygen atoms in total. The molecule has 0 spiro atoms. The highest BCUT2D eigenvalue weighted by Gasteiger charge is 2.48. The first-order valence-electron chi connectivity index (χ1n) is 9.22. The fourth-order valence-corrected chi connectivity index (χ4v) is 3.52. The summed E-state index contributed by atoms with van der Waals surface area (Å²) in [6, 6.07) is 6.61. The van der Waals surface area contributed by atoms with E-state index in [0.717, 1.165) is 0 Å². The Hall–Kier alpha value is -1.30. The molecule has 1 unspecified atom stereocenters. The van der Waals surface area contributed by atoms with Gasteiger partial charge in [0.2, 0.25) is 5.60 Å². The maximum Gasteiger partial charge on any atom is 0.350 e. The van der Waals surface area contributed by atoms with E-state index >= 15 is 0 Å². The zero-order chi connectivity index (χ0) is 20.0. The molecule has 1 aromatic rings. The fourth-order valence-electron chi connectivity index (χ4n) is 3.20. The number of hydrogen-bond acceptors (Lipinski definition) is 5. The molecule has 0 heterocycles. The first-order valence-corrected chi connectivity index (χ1v) is 10.0. The van der Waals surface area contributed by atoms with Crippen molar-refractivity contribution in [3.05, 3.63) is 34.9 Å². The molecule has 1 atom stereocenters. The van der Waals surface area contributed by atoms with E-state index in [2.05, 4.69) is 0 Å². The zero-order valence-corrected chi connectivity index (χ0v) is 17.4. The molecule has 0 aliphatic heterocycles. The Morgan fingerprint density at radius 1 is 1.19 bits per heavy atom. The van der Waals surface area contributed by atoms with Crippen molar-refractivity contribution in [1.29, 1.82) is 0 Å². The second-order valence-corrected chi connectivity index (χ2v) is 7.81. The number of esters is 2. The van der Waals surface area contributed by atoms with Crippen molar-refractivity contribution >= 4 is 35.1 Å². The first kappa shape index (κ1) is 22.0. The van der Waals surface area contributed by atoms with Crippen LogP contribution in [0.5, 0.6) is 0 Å². The number of alkyl halides is 1. The van der Waals surface area contributed by atoms with Gasteiger partial charge in [-0.05, 0) is 51.3 Å². The van der Waals surface area contributed by atoms with E-state index in [0.29, 0.717) is 36.3 Å². The molecule has 0 bridgehead atoms. The molecule has 27 heavy (non-hydrogen) atoms. The van der Waals surface area contributed by atoms with Crippen LogP contribution in [0.2, 0.25) is 5.02 Å². The van der Waals surface area contributed by atoms with Crippen LogP contribution in [0.4, 0.5) is 0 Å². The van der Waals surface area contributed by atoms with E-state index in [1.54, 1.807) is 31.2 Å². The van der Waals surface area contributed by atoms with E-state index in [9.17, 15) is 9.59 Å². The van der Waals surface area contributed by atoms with Gasteiger partial charge in [-0.15, -0.1) is 11.6 Å². The van der Waals surface area contributed by atoms with E-state index in [4.69, 9.17) is 37.4 Å². The molecule has 1 aliphatic rings. The highest BCUT2D eigenvalue weighted by atomic mass is 35.5. The van der Waals surface area contributed by atoms with Crippen molar-refractivity contribution < 1.29 is 23.8 Å². The lowest BCUT2D eigenvalue weighted by molar-refractivity contribution is -0.190. The van der Waals surface area contributed by atoms with Crippen LogP contribution >= 0.6 is 23.2 Å². The quantitative estimate of drug-likeness (QED) is 0.470. The Morgan fingerprint density at radius 3 is 2.30 bits per heavy atom. The molecular weight excluding hydrogens is 391 g/mol. The summed E-state index contributed by atoms with van der Waals surface area (Å²) < 4.78 is 16.7. The molecule has 7 heteroatoms. The monoisotopic (exact) mass is 416 g/mol. The van der Waals surface area contributed by atoms with Gasteiger partial charge in [0.25, 0.3) is 0 Å². The van der Waals surface area contributed by atoms with Crippen LogP contribution in [0.1, 0.15) is 57.4 Å². The van der Waals surface area contributed by atoms with Crippen LogP contribution in [0.15, 0.2) is 24.3 Å².